The number of hydrogen-bond donors (Lipinski definition) is 1. The van der Waals surface area contributed by atoms with Gasteiger partial charge >= 0.3 is 6.03 Å². The third kappa shape index (κ3) is 2.96. The largest absolute Gasteiger partial charge is 0.325 e. The Kier molecular flexibility index (Phi) is 4.00. The number of rotatable bonds is 4. The van der Waals surface area contributed by atoms with Gasteiger partial charge < -0.3 is 5.32 Å². The Morgan fingerprint density at radius 1 is 1.16 bits per heavy atom. The topological polar surface area (TPSA) is 92.6 Å². The van der Waals surface area contributed by atoms with Gasteiger partial charge in [-0.1, -0.05) is 42.0 Å². The lowest BCUT2D eigenvalue weighted by Crippen LogP contribution is -2.40. The summed E-state index contributed by atoms with van der Waals surface area (Å²) in [6.45, 7) is 3.58. The van der Waals surface area contributed by atoms with E-state index in [2.05, 4.69) is 5.32 Å². The highest BCUT2D eigenvalue weighted by molar-refractivity contribution is 6.07. The molecule has 1 N–H and O–H groups in total. The Labute approximate surface area is 144 Å². The molecule has 0 bridgehead atoms. The van der Waals surface area contributed by atoms with Crippen LogP contribution in [-0.2, 0) is 16.9 Å². The van der Waals surface area contributed by atoms with E-state index in [0.29, 0.717) is 11.1 Å². The van der Waals surface area contributed by atoms with Crippen molar-refractivity contribution in [2.24, 2.45) is 0 Å². The van der Waals surface area contributed by atoms with Crippen LogP contribution in [0.1, 0.15) is 23.6 Å². The standard InChI is InChI=1S/C18H17N3O4/c1-12-6-8-14(9-7-12)18(2)16(22)20(17(23)19-18)11-13-4-3-5-15(10-13)21(24)25/h3-10H,11H2,1-2H3,(H,19,23)/t18-/m0/s1. The van der Waals surface area contributed by atoms with Gasteiger partial charge in [0.25, 0.3) is 11.6 Å². The molecule has 2 aromatic carbocycles. The molecule has 0 unspecified atom stereocenters. The number of carbonyl (C=O) groups is 2. The highest BCUT2D eigenvalue weighted by Gasteiger charge is 2.48. The first-order chi connectivity index (χ1) is 11.8. The van der Waals surface area contributed by atoms with Crippen molar-refractivity contribution in [3.63, 3.8) is 0 Å². The highest BCUT2D eigenvalue weighted by Crippen LogP contribution is 2.30. The SMILES string of the molecule is Cc1ccc([C@]2(C)NC(=O)N(Cc3cccc([N+](=O)[O-])c3)C2=O)cc1. The van der Waals surface area contributed by atoms with Gasteiger partial charge in [-0.3, -0.25) is 19.8 Å². The van der Waals surface area contributed by atoms with Crippen molar-refractivity contribution in [3.8, 4) is 0 Å². The number of nitrogens with one attached hydrogen (secondary N) is 1. The molecule has 3 rings (SSSR count). The number of carbonyl (C=O) groups excluding carboxylic acids is 2. The maximum absolute atomic E-state index is 12.9. The zero-order chi connectivity index (χ0) is 18.2. The number of benzene rings is 2. The van der Waals surface area contributed by atoms with Gasteiger partial charge in [-0.15, -0.1) is 0 Å². The van der Waals surface area contributed by atoms with Crippen LogP contribution in [0.25, 0.3) is 0 Å². The Morgan fingerprint density at radius 3 is 2.48 bits per heavy atom. The maximum atomic E-state index is 12.9. The number of nitro groups is 1. The van der Waals surface area contributed by atoms with Crippen LogP contribution in [0.5, 0.6) is 0 Å². The lowest BCUT2D eigenvalue weighted by atomic mass is 9.91. The van der Waals surface area contributed by atoms with Crippen LogP contribution in [0.4, 0.5) is 10.5 Å². The number of aryl methyl sites for hydroxylation is 1. The molecule has 1 aliphatic rings. The number of amides is 3. The van der Waals surface area contributed by atoms with Crippen molar-refractivity contribution >= 4 is 17.6 Å². The first-order valence-corrected chi connectivity index (χ1v) is 7.76. The highest BCUT2D eigenvalue weighted by atomic mass is 16.6. The molecule has 0 radical (unpaired) electrons. The Hall–Kier alpha value is -3.22. The van der Waals surface area contributed by atoms with E-state index in [1.807, 2.05) is 31.2 Å². The average Bonchev–Trinajstić information content (AvgIpc) is 2.80. The second-order valence-corrected chi connectivity index (χ2v) is 6.24. The van der Waals surface area contributed by atoms with E-state index in [9.17, 15) is 19.7 Å². The van der Waals surface area contributed by atoms with E-state index in [1.54, 1.807) is 13.0 Å². The molecule has 0 spiro atoms. The van der Waals surface area contributed by atoms with Gasteiger partial charge in [-0.25, -0.2) is 4.79 Å². The van der Waals surface area contributed by atoms with Gasteiger partial charge in [0.05, 0.1) is 11.5 Å². The number of imide groups is 1. The fourth-order valence-corrected chi connectivity index (χ4v) is 2.87. The number of urea groups is 1. The van der Waals surface area contributed by atoms with Crippen LogP contribution < -0.4 is 5.32 Å². The molecule has 1 saturated heterocycles. The molecule has 0 aliphatic carbocycles. The molecule has 128 valence electrons. The van der Waals surface area contributed by atoms with E-state index in [-0.39, 0.29) is 18.1 Å². The average molecular weight is 339 g/mol. The van der Waals surface area contributed by atoms with E-state index >= 15 is 0 Å². The van der Waals surface area contributed by atoms with Crippen LogP contribution in [0.2, 0.25) is 0 Å². The number of hydrogen-bond acceptors (Lipinski definition) is 4. The fraction of sp³-hybridized carbons (Fsp3) is 0.222. The molecule has 2 aromatic rings. The summed E-state index contributed by atoms with van der Waals surface area (Å²) in [5.74, 6) is -0.382. The van der Waals surface area contributed by atoms with Crippen LogP contribution in [0.15, 0.2) is 48.5 Å². The molecule has 3 amide bonds. The fourth-order valence-electron chi connectivity index (χ4n) is 2.87. The zero-order valence-electron chi connectivity index (χ0n) is 13.9. The normalized spacial score (nSPS) is 19.8. The molecular formula is C18H17N3O4. The molecule has 7 nitrogen and oxygen atoms in total. The summed E-state index contributed by atoms with van der Waals surface area (Å²) in [5.41, 5.74) is 1.04. The summed E-state index contributed by atoms with van der Waals surface area (Å²) in [5, 5.41) is 13.6. The van der Waals surface area contributed by atoms with Gasteiger partial charge in [0, 0.05) is 12.1 Å². The summed E-state index contributed by atoms with van der Waals surface area (Å²) < 4.78 is 0. The number of nitro benzene ring substituents is 1. The van der Waals surface area contributed by atoms with Gasteiger partial charge in [0.15, 0.2) is 0 Å². The van der Waals surface area contributed by atoms with Crippen molar-refractivity contribution in [3.05, 3.63) is 75.3 Å². The Bertz CT molecular complexity index is 863. The molecule has 7 heteroatoms. The van der Waals surface area contributed by atoms with Crippen molar-refractivity contribution < 1.29 is 14.5 Å². The minimum atomic E-state index is -1.15. The van der Waals surface area contributed by atoms with Gasteiger partial charge in [-0.05, 0) is 25.0 Å². The molecule has 0 saturated carbocycles. The van der Waals surface area contributed by atoms with Crippen LogP contribution in [0.3, 0.4) is 0 Å². The number of non-ortho nitro benzene ring substituents is 1. The summed E-state index contributed by atoms with van der Waals surface area (Å²) in [6.07, 6.45) is 0. The van der Waals surface area contributed by atoms with Crippen molar-refractivity contribution in [2.75, 3.05) is 0 Å². The predicted octanol–water partition coefficient (Wildman–Crippen LogP) is 2.87. The lowest BCUT2D eigenvalue weighted by molar-refractivity contribution is -0.384. The molecule has 1 heterocycles. The van der Waals surface area contributed by atoms with Crippen molar-refractivity contribution in [1.29, 1.82) is 0 Å². The Balaban J connectivity index is 1.88. The first-order valence-electron chi connectivity index (χ1n) is 7.76. The van der Waals surface area contributed by atoms with E-state index in [1.165, 1.54) is 18.2 Å². The lowest BCUT2D eigenvalue weighted by Gasteiger charge is -2.22. The first kappa shape index (κ1) is 16.6. The van der Waals surface area contributed by atoms with Crippen LogP contribution in [-0.4, -0.2) is 21.8 Å². The summed E-state index contributed by atoms with van der Waals surface area (Å²) in [7, 11) is 0. The van der Waals surface area contributed by atoms with Crippen molar-refractivity contribution in [2.45, 2.75) is 25.9 Å². The second-order valence-electron chi connectivity index (χ2n) is 6.24. The summed E-state index contributed by atoms with van der Waals surface area (Å²) in [4.78, 5) is 36.6. The quantitative estimate of drug-likeness (QED) is 0.526. The molecule has 0 aromatic heterocycles. The molecule has 25 heavy (non-hydrogen) atoms. The number of nitrogens with zero attached hydrogens (tertiary/aromatic N) is 2. The van der Waals surface area contributed by atoms with E-state index in [4.69, 9.17) is 0 Å². The Morgan fingerprint density at radius 2 is 1.84 bits per heavy atom. The smallest absolute Gasteiger partial charge is 0.319 e. The van der Waals surface area contributed by atoms with Gasteiger partial charge in [-0.2, -0.15) is 0 Å². The van der Waals surface area contributed by atoms with E-state index < -0.39 is 16.5 Å². The molecule has 1 atom stereocenters. The molecule has 1 fully saturated rings. The third-order valence-electron chi connectivity index (χ3n) is 4.37. The van der Waals surface area contributed by atoms with Crippen molar-refractivity contribution in [1.82, 2.24) is 10.2 Å². The molecule has 1 aliphatic heterocycles. The van der Waals surface area contributed by atoms with Gasteiger partial charge in [0.2, 0.25) is 0 Å². The second kappa shape index (κ2) is 6.01. The minimum Gasteiger partial charge on any atom is -0.319 e. The molecular weight excluding hydrogens is 322 g/mol. The zero-order valence-corrected chi connectivity index (χ0v) is 13.9. The van der Waals surface area contributed by atoms with E-state index in [0.717, 1.165) is 10.5 Å². The van der Waals surface area contributed by atoms with Gasteiger partial charge in [0.1, 0.15) is 5.54 Å². The predicted molar refractivity (Wildman–Crippen MR) is 90.7 cm³/mol. The maximum Gasteiger partial charge on any atom is 0.325 e. The van der Waals surface area contributed by atoms with Crippen LogP contribution >= 0.6 is 0 Å². The summed E-state index contributed by atoms with van der Waals surface area (Å²) >= 11 is 0. The summed E-state index contributed by atoms with van der Waals surface area (Å²) in [6, 6.07) is 12.8. The minimum absolute atomic E-state index is 0.0200. The third-order valence-corrected chi connectivity index (χ3v) is 4.37. The van der Waals surface area contributed by atoms with Crippen LogP contribution in [0, 0.1) is 17.0 Å². The monoisotopic (exact) mass is 339 g/mol.